The molecule has 0 saturated carbocycles. The van der Waals surface area contributed by atoms with Gasteiger partial charge in [0.15, 0.2) is 0 Å². The molecule has 0 spiro atoms. The summed E-state index contributed by atoms with van der Waals surface area (Å²) in [6.45, 7) is 4.25. The van der Waals surface area contributed by atoms with Crippen molar-refractivity contribution in [3.05, 3.63) is 53.0 Å². The van der Waals surface area contributed by atoms with E-state index >= 15 is 0 Å². The Balaban J connectivity index is 2.11. The molecule has 0 aliphatic rings. The summed E-state index contributed by atoms with van der Waals surface area (Å²) in [6, 6.07) is 8.42. The molecule has 2 aromatic rings. The van der Waals surface area contributed by atoms with Gasteiger partial charge in [0.05, 0.1) is 0 Å². The van der Waals surface area contributed by atoms with Crippen molar-refractivity contribution in [1.82, 2.24) is 4.98 Å². The molecule has 1 aromatic heterocycles. The summed E-state index contributed by atoms with van der Waals surface area (Å²) in [5.41, 5.74) is 2.69. The second-order valence-electron chi connectivity index (χ2n) is 4.28. The molecule has 1 aromatic carbocycles. The van der Waals surface area contributed by atoms with Gasteiger partial charge in [-0.05, 0) is 42.7 Å². The van der Waals surface area contributed by atoms with Crippen molar-refractivity contribution >= 4 is 5.82 Å². The minimum atomic E-state index is -0.502. The molecule has 0 aliphatic carbocycles. The van der Waals surface area contributed by atoms with E-state index < -0.39 is 5.95 Å². The minimum Gasteiger partial charge on any atom is -0.507 e. The maximum absolute atomic E-state index is 12.9. The average Bonchev–Trinajstić information content (AvgIpc) is 2.33. The average molecular weight is 246 g/mol. The van der Waals surface area contributed by atoms with E-state index in [0.717, 1.165) is 16.7 Å². The summed E-state index contributed by atoms with van der Waals surface area (Å²) >= 11 is 0. The van der Waals surface area contributed by atoms with Crippen LogP contribution in [0.3, 0.4) is 0 Å². The number of anilines is 1. The van der Waals surface area contributed by atoms with Crippen LogP contribution in [0.25, 0.3) is 0 Å². The lowest BCUT2D eigenvalue weighted by Crippen LogP contribution is -2.02. The number of halogens is 1. The van der Waals surface area contributed by atoms with Crippen molar-refractivity contribution in [3.8, 4) is 5.75 Å². The Labute approximate surface area is 105 Å². The zero-order valence-corrected chi connectivity index (χ0v) is 10.4. The Hall–Kier alpha value is -2.10. The third-order valence-electron chi connectivity index (χ3n) is 2.74. The van der Waals surface area contributed by atoms with Crippen LogP contribution >= 0.6 is 0 Å². The second-order valence-corrected chi connectivity index (χ2v) is 4.28. The predicted molar refractivity (Wildman–Crippen MR) is 69.1 cm³/mol. The third kappa shape index (κ3) is 2.77. The molecular formula is C14H15FN2O. The highest BCUT2D eigenvalue weighted by Crippen LogP contribution is 2.23. The summed E-state index contributed by atoms with van der Waals surface area (Å²) in [6.07, 6.45) is 0. The molecular weight excluding hydrogens is 231 g/mol. The number of phenolic OH excluding ortho intramolecular Hbond substituents is 1. The SMILES string of the molecule is Cc1cc(CNc2cccc(F)n2)cc(C)c1O. The summed E-state index contributed by atoms with van der Waals surface area (Å²) < 4.78 is 12.9. The monoisotopic (exact) mass is 246 g/mol. The van der Waals surface area contributed by atoms with Gasteiger partial charge in [-0.15, -0.1) is 0 Å². The molecule has 2 rings (SSSR count). The molecule has 0 radical (unpaired) electrons. The summed E-state index contributed by atoms with van der Waals surface area (Å²) in [4.78, 5) is 3.72. The van der Waals surface area contributed by atoms with Crippen molar-refractivity contribution < 1.29 is 9.50 Å². The van der Waals surface area contributed by atoms with Crippen LogP contribution in [0.5, 0.6) is 5.75 Å². The van der Waals surface area contributed by atoms with Gasteiger partial charge in [0.2, 0.25) is 5.95 Å². The number of hydrogen-bond acceptors (Lipinski definition) is 3. The first-order valence-electron chi connectivity index (χ1n) is 5.72. The van der Waals surface area contributed by atoms with Gasteiger partial charge in [-0.1, -0.05) is 18.2 Å². The van der Waals surface area contributed by atoms with Crippen LogP contribution in [0.2, 0.25) is 0 Å². The summed E-state index contributed by atoms with van der Waals surface area (Å²) in [5, 5.41) is 12.7. The molecule has 0 saturated heterocycles. The highest BCUT2D eigenvalue weighted by molar-refractivity contribution is 5.43. The van der Waals surface area contributed by atoms with Crippen LogP contribution in [0.1, 0.15) is 16.7 Å². The van der Waals surface area contributed by atoms with E-state index in [-0.39, 0.29) is 0 Å². The molecule has 0 amide bonds. The number of hydrogen-bond donors (Lipinski definition) is 2. The standard InChI is InChI=1S/C14H15FN2O/c1-9-6-11(7-10(2)14(9)18)8-16-13-5-3-4-12(15)17-13/h3-7,18H,8H2,1-2H3,(H,16,17). The molecule has 1 heterocycles. The lowest BCUT2D eigenvalue weighted by Gasteiger charge is -2.09. The molecule has 18 heavy (non-hydrogen) atoms. The van der Waals surface area contributed by atoms with Gasteiger partial charge in [-0.2, -0.15) is 4.39 Å². The van der Waals surface area contributed by atoms with E-state index in [9.17, 15) is 9.50 Å². The first kappa shape index (κ1) is 12.4. The van der Waals surface area contributed by atoms with Gasteiger partial charge in [0.1, 0.15) is 11.6 Å². The van der Waals surface area contributed by atoms with E-state index in [1.807, 2.05) is 26.0 Å². The molecule has 4 heteroatoms. The molecule has 94 valence electrons. The van der Waals surface area contributed by atoms with E-state index in [0.29, 0.717) is 18.1 Å². The fraction of sp³-hybridized carbons (Fsp3) is 0.214. The molecule has 0 aliphatic heterocycles. The van der Waals surface area contributed by atoms with Crippen LogP contribution < -0.4 is 5.32 Å². The van der Waals surface area contributed by atoms with E-state index in [2.05, 4.69) is 10.3 Å². The van der Waals surface area contributed by atoms with Crippen molar-refractivity contribution in [1.29, 1.82) is 0 Å². The van der Waals surface area contributed by atoms with Crippen molar-refractivity contribution in [2.24, 2.45) is 0 Å². The van der Waals surface area contributed by atoms with Crippen LogP contribution in [0.4, 0.5) is 10.2 Å². The quantitative estimate of drug-likeness (QED) is 0.818. The molecule has 2 N–H and O–H groups in total. The number of aromatic nitrogens is 1. The number of benzene rings is 1. The molecule has 3 nitrogen and oxygen atoms in total. The lowest BCUT2D eigenvalue weighted by molar-refractivity contribution is 0.466. The zero-order chi connectivity index (χ0) is 13.1. The van der Waals surface area contributed by atoms with Crippen LogP contribution in [-0.4, -0.2) is 10.1 Å². The molecule has 0 atom stereocenters. The molecule has 0 unspecified atom stereocenters. The molecule has 0 fully saturated rings. The Bertz CT molecular complexity index is 546. The van der Waals surface area contributed by atoms with Crippen molar-refractivity contribution in [2.75, 3.05) is 5.32 Å². The zero-order valence-electron chi connectivity index (χ0n) is 10.4. The fourth-order valence-electron chi connectivity index (χ4n) is 1.85. The van der Waals surface area contributed by atoms with Gasteiger partial charge >= 0.3 is 0 Å². The maximum atomic E-state index is 12.9. The van der Waals surface area contributed by atoms with E-state index in [1.165, 1.54) is 6.07 Å². The highest BCUT2D eigenvalue weighted by atomic mass is 19.1. The van der Waals surface area contributed by atoms with Crippen molar-refractivity contribution in [2.45, 2.75) is 20.4 Å². The second kappa shape index (κ2) is 5.04. The topological polar surface area (TPSA) is 45.2 Å². The number of aryl methyl sites for hydroxylation is 2. The van der Waals surface area contributed by atoms with Crippen LogP contribution in [0.15, 0.2) is 30.3 Å². The van der Waals surface area contributed by atoms with Crippen LogP contribution in [0, 0.1) is 19.8 Å². The summed E-state index contributed by atoms with van der Waals surface area (Å²) in [7, 11) is 0. The number of phenols is 1. The Morgan fingerprint density at radius 1 is 1.22 bits per heavy atom. The van der Waals surface area contributed by atoms with Gasteiger partial charge in [0.25, 0.3) is 0 Å². The number of nitrogens with one attached hydrogen (secondary N) is 1. The number of aromatic hydroxyl groups is 1. The first-order valence-corrected chi connectivity index (χ1v) is 5.72. The van der Waals surface area contributed by atoms with Crippen molar-refractivity contribution in [3.63, 3.8) is 0 Å². The third-order valence-corrected chi connectivity index (χ3v) is 2.74. The normalized spacial score (nSPS) is 10.4. The van der Waals surface area contributed by atoms with Gasteiger partial charge in [-0.3, -0.25) is 0 Å². The predicted octanol–water partition coefficient (Wildman–Crippen LogP) is 3.16. The van der Waals surface area contributed by atoms with E-state index in [4.69, 9.17) is 0 Å². The van der Waals surface area contributed by atoms with Gasteiger partial charge in [0, 0.05) is 6.54 Å². The largest absolute Gasteiger partial charge is 0.507 e. The smallest absolute Gasteiger partial charge is 0.214 e. The molecule has 0 bridgehead atoms. The fourth-order valence-corrected chi connectivity index (χ4v) is 1.85. The Kier molecular flexibility index (Phi) is 3.46. The maximum Gasteiger partial charge on any atom is 0.214 e. The first-order chi connectivity index (χ1) is 8.56. The Morgan fingerprint density at radius 2 is 1.89 bits per heavy atom. The number of nitrogens with zero attached hydrogens (tertiary/aromatic N) is 1. The van der Waals surface area contributed by atoms with E-state index in [1.54, 1.807) is 12.1 Å². The lowest BCUT2D eigenvalue weighted by atomic mass is 10.1. The Morgan fingerprint density at radius 3 is 2.50 bits per heavy atom. The van der Waals surface area contributed by atoms with Crippen LogP contribution in [-0.2, 0) is 6.54 Å². The minimum absolute atomic E-state index is 0.322. The van der Waals surface area contributed by atoms with Gasteiger partial charge < -0.3 is 10.4 Å². The number of rotatable bonds is 3. The number of pyridine rings is 1. The summed E-state index contributed by atoms with van der Waals surface area (Å²) in [5.74, 6) is 0.319. The highest BCUT2D eigenvalue weighted by Gasteiger charge is 2.03. The van der Waals surface area contributed by atoms with Gasteiger partial charge in [-0.25, -0.2) is 4.98 Å².